The summed E-state index contributed by atoms with van der Waals surface area (Å²) in [5, 5.41) is 22.9. The van der Waals surface area contributed by atoms with Gasteiger partial charge in [-0.1, -0.05) is 23.4 Å². The number of rotatable bonds is 7. The van der Waals surface area contributed by atoms with Gasteiger partial charge < -0.3 is 10.3 Å². The number of aromatic amines is 1. The smallest absolute Gasteiger partial charge is 0.320 e. The van der Waals surface area contributed by atoms with Gasteiger partial charge in [0.25, 0.3) is 10.0 Å². The number of nitriles is 1. The Morgan fingerprint density at radius 2 is 1.97 bits per heavy atom. The quantitative estimate of drug-likeness (QED) is 0.320. The van der Waals surface area contributed by atoms with Crippen LogP contribution in [-0.2, 0) is 23.1 Å². The molecular formula is C22H22N8O3S. The Morgan fingerprint density at radius 1 is 1.21 bits per heavy atom. The van der Waals surface area contributed by atoms with Gasteiger partial charge in [0.2, 0.25) is 0 Å². The first-order valence-electron chi connectivity index (χ1n) is 10.4. The van der Waals surface area contributed by atoms with Crippen LogP contribution in [0.3, 0.4) is 0 Å². The van der Waals surface area contributed by atoms with Gasteiger partial charge in [-0.15, -0.1) is 5.10 Å². The lowest BCUT2D eigenvalue weighted by atomic mass is 10.1. The third kappa shape index (κ3) is 4.69. The number of aromatic nitrogens is 4. The normalized spacial score (nSPS) is 11.2. The van der Waals surface area contributed by atoms with E-state index in [1.807, 2.05) is 13.8 Å². The predicted molar refractivity (Wildman–Crippen MR) is 127 cm³/mol. The number of hydrogen-bond donors (Lipinski definition) is 4. The summed E-state index contributed by atoms with van der Waals surface area (Å²) in [6.07, 6.45) is 3.17. The zero-order valence-electron chi connectivity index (χ0n) is 18.5. The molecule has 0 aliphatic rings. The number of anilines is 2. The zero-order valence-corrected chi connectivity index (χ0v) is 19.3. The third-order valence-electron chi connectivity index (χ3n) is 5.20. The fourth-order valence-electron chi connectivity index (χ4n) is 3.44. The van der Waals surface area contributed by atoms with E-state index in [-0.39, 0.29) is 11.4 Å². The number of urea groups is 1. The molecule has 0 fully saturated rings. The zero-order chi connectivity index (χ0) is 24.3. The largest absolute Gasteiger partial charge is 0.358 e. The number of sulfonamides is 1. The van der Waals surface area contributed by atoms with E-state index in [4.69, 9.17) is 0 Å². The van der Waals surface area contributed by atoms with Crippen LogP contribution >= 0.6 is 0 Å². The lowest BCUT2D eigenvalue weighted by molar-refractivity contribution is 0.251. The number of fused-ring (bicyclic) bond motifs is 1. The summed E-state index contributed by atoms with van der Waals surface area (Å²) in [6, 6.07) is 11.2. The van der Waals surface area contributed by atoms with Crippen LogP contribution in [0.4, 0.5) is 16.3 Å². The van der Waals surface area contributed by atoms with Crippen LogP contribution in [0.25, 0.3) is 10.9 Å². The topological polar surface area (TPSA) is 158 Å². The van der Waals surface area contributed by atoms with Crippen molar-refractivity contribution in [2.75, 3.05) is 10.0 Å². The van der Waals surface area contributed by atoms with Crippen molar-refractivity contribution >= 4 is 38.5 Å². The molecule has 11 nitrogen and oxygen atoms in total. The molecule has 12 heteroatoms. The second-order valence-corrected chi connectivity index (χ2v) is 9.19. The van der Waals surface area contributed by atoms with Crippen LogP contribution in [0.1, 0.15) is 23.6 Å². The lowest BCUT2D eigenvalue weighted by Crippen LogP contribution is -2.28. The number of H-pyrrole nitrogens is 1. The summed E-state index contributed by atoms with van der Waals surface area (Å²) >= 11 is 0. The summed E-state index contributed by atoms with van der Waals surface area (Å²) in [5.74, 6) is 0.334. The molecule has 0 atom stereocenters. The van der Waals surface area contributed by atoms with E-state index in [1.165, 1.54) is 12.1 Å². The first kappa shape index (κ1) is 22.8. The molecule has 0 spiro atoms. The lowest BCUT2D eigenvalue weighted by Gasteiger charge is -2.11. The van der Waals surface area contributed by atoms with Crippen LogP contribution in [0.5, 0.6) is 0 Å². The van der Waals surface area contributed by atoms with Gasteiger partial charge in [-0.05, 0) is 43.2 Å². The molecule has 4 rings (SSSR count). The van der Waals surface area contributed by atoms with Gasteiger partial charge in [0.1, 0.15) is 6.07 Å². The molecule has 0 saturated carbocycles. The SMILES string of the molecule is CCn1cc(NC(=O)NCc2ccc(S(=O)(=O)Nc3ccc(C)c4c(C#N)c[nH]c34)cc2)nn1. The molecule has 0 aliphatic carbocycles. The van der Waals surface area contributed by atoms with Gasteiger partial charge >= 0.3 is 6.03 Å². The maximum Gasteiger partial charge on any atom is 0.320 e. The van der Waals surface area contributed by atoms with Crippen molar-refractivity contribution in [3.63, 3.8) is 0 Å². The molecule has 0 saturated heterocycles. The molecule has 2 aromatic carbocycles. The average Bonchev–Trinajstić information content (AvgIpc) is 3.47. The van der Waals surface area contributed by atoms with Crippen molar-refractivity contribution in [3.8, 4) is 6.07 Å². The molecule has 0 unspecified atom stereocenters. The van der Waals surface area contributed by atoms with Crippen LogP contribution in [0, 0.1) is 18.3 Å². The minimum atomic E-state index is -3.87. The Balaban J connectivity index is 1.42. The maximum absolute atomic E-state index is 12.9. The second kappa shape index (κ2) is 9.24. The molecule has 174 valence electrons. The van der Waals surface area contributed by atoms with Crippen LogP contribution in [0.15, 0.2) is 53.7 Å². The highest BCUT2D eigenvalue weighted by atomic mass is 32.2. The van der Waals surface area contributed by atoms with Crippen LogP contribution < -0.4 is 15.4 Å². The van der Waals surface area contributed by atoms with E-state index in [0.29, 0.717) is 40.1 Å². The Hall–Kier alpha value is -4.37. The van der Waals surface area contributed by atoms with Crippen molar-refractivity contribution in [3.05, 3.63) is 65.5 Å². The molecule has 0 bridgehead atoms. The monoisotopic (exact) mass is 478 g/mol. The first-order chi connectivity index (χ1) is 16.3. The van der Waals surface area contributed by atoms with E-state index >= 15 is 0 Å². The molecule has 0 aliphatic heterocycles. The standard InChI is InChI=1S/C22H22N8O3S/c1-3-30-13-19(27-29-30)26-22(31)25-11-15-5-7-17(8-6-15)34(32,33)28-18-9-4-14(2)20-16(10-23)12-24-21(18)20/h4-9,12-13,24,28H,3,11H2,1-2H3,(H2,25,26,31). The predicted octanol–water partition coefficient (Wildman–Crippen LogP) is 3.08. The first-order valence-corrected chi connectivity index (χ1v) is 11.9. The minimum absolute atomic E-state index is 0.0673. The highest BCUT2D eigenvalue weighted by molar-refractivity contribution is 7.92. The number of aryl methyl sites for hydroxylation is 2. The summed E-state index contributed by atoms with van der Waals surface area (Å²) in [7, 11) is -3.87. The minimum Gasteiger partial charge on any atom is -0.358 e. The molecule has 2 heterocycles. The van der Waals surface area contributed by atoms with E-state index in [9.17, 15) is 18.5 Å². The molecule has 0 radical (unpaired) electrons. The summed E-state index contributed by atoms with van der Waals surface area (Å²) in [5.41, 5.74) is 2.93. The van der Waals surface area contributed by atoms with E-state index in [1.54, 1.807) is 41.3 Å². The molecule has 2 amide bonds. The summed E-state index contributed by atoms with van der Waals surface area (Å²) in [4.78, 5) is 15.1. The number of amides is 2. The van der Waals surface area contributed by atoms with Gasteiger partial charge in [0.05, 0.1) is 27.9 Å². The number of benzene rings is 2. The van der Waals surface area contributed by atoms with Gasteiger partial charge in [-0.3, -0.25) is 14.7 Å². The number of nitrogens with zero attached hydrogens (tertiary/aromatic N) is 4. The van der Waals surface area contributed by atoms with Gasteiger partial charge in [-0.25, -0.2) is 13.2 Å². The number of carbonyl (C=O) groups excluding carboxylic acids is 1. The number of carbonyl (C=O) groups is 1. The van der Waals surface area contributed by atoms with Crippen molar-refractivity contribution < 1.29 is 13.2 Å². The van der Waals surface area contributed by atoms with Crippen molar-refractivity contribution in [2.24, 2.45) is 0 Å². The van der Waals surface area contributed by atoms with Crippen LogP contribution in [0.2, 0.25) is 0 Å². The van der Waals surface area contributed by atoms with Gasteiger partial charge in [0, 0.05) is 24.7 Å². The summed E-state index contributed by atoms with van der Waals surface area (Å²) < 4.78 is 30.0. The van der Waals surface area contributed by atoms with Crippen LogP contribution in [-0.4, -0.2) is 34.4 Å². The molecular weight excluding hydrogens is 456 g/mol. The Labute approximate surface area is 195 Å². The molecule has 4 aromatic rings. The highest BCUT2D eigenvalue weighted by Gasteiger charge is 2.18. The highest BCUT2D eigenvalue weighted by Crippen LogP contribution is 2.30. The van der Waals surface area contributed by atoms with Crippen molar-refractivity contribution in [2.45, 2.75) is 31.8 Å². The number of hydrogen-bond acceptors (Lipinski definition) is 6. The van der Waals surface area contributed by atoms with Gasteiger partial charge in [0.15, 0.2) is 5.82 Å². The fourth-order valence-corrected chi connectivity index (χ4v) is 4.51. The number of nitrogens with one attached hydrogen (secondary N) is 4. The Bertz CT molecular complexity index is 1500. The second-order valence-electron chi connectivity index (χ2n) is 7.51. The van der Waals surface area contributed by atoms with Gasteiger partial charge in [-0.2, -0.15) is 5.26 Å². The molecule has 4 N–H and O–H groups in total. The van der Waals surface area contributed by atoms with Crippen molar-refractivity contribution in [1.29, 1.82) is 5.26 Å². The molecule has 34 heavy (non-hydrogen) atoms. The van der Waals surface area contributed by atoms with E-state index < -0.39 is 16.1 Å². The third-order valence-corrected chi connectivity index (χ3v) is 6.58. The fraction of sp³-hybridized carbons (Fsp3) is 0.182. The summed E-state index contributed by atoms with van der Waals surface area (Å²) in [6.45, 7) is 4.60. The Morgan fingerprint density at radius 3 is 2.65 bits per heavy atom. The van der Waals surface area contributed by atoms with E-state index in [0.717, 1.165) is 5.56 Å². The average molecular weight is 479 g/mol. The van der Waals surface area contributed by atoms with Crippen molar-refractivity contribution in [1.82, 2.24) is 25.3 Å². The molecule has 2 aromatic heterocycles. The Kier molecular flexibility index (Phi) is 6.20. The van der Waals surface area contributed by atoms with E-state index in [2.05, 4.69) is 36.7 Å². The maximum atomic E-state index is 12.9.